The third-order valence-electron chi connectivity index (χ3n) is 3.56. The molecule has 0 aromatic rings. The van der Waals surface area contributed by atoms with Crippen LogP contribution in [0.2, 0.25) is 0 Å². The first kappa shape index (κ1) is 21.4. The zero-order valence-electron chi connectivity index (χ0n) is 13.9. The van der Waals surface area contributed by atoms with E-state index in [0.717, 1.165) is 19.3 Å². The van der Waals surface area contributed by atoms with Crippen molar-refractivity contribution in [3.8, 4) is 0 Å². The number of ether oxygens (including phenoxy) is 1. The van der Waals surface area contributed by atoms with E-state index in [1.807, 2.05) is 0 Å². The lowest BCUT2D eigenvalue weighted by atomic mass is 10.1. The molecule has 0 aromatic heterocycles. The summed E-state index contributed by atoms with van der Waals surface area (Å²) in [6, 6.07) is 0. The van der Waals surface area contributed by atoms with E-state index in [2.05, 4.69) is 6.92 Å². The van der Waals surface area contributed by atoms with Gasteiger partial charge in [-0.15, -0.1) is 0 Å². The summed E-state index contributed by atoms with van der Waals surface area (Å²) in [6.45, 7) is 2.46. The molecule has 0 bridgehead atoms. The zero-order chi connectivity index (χ0) is 16.7. The second kappa shape index (κ2) is 14.0. The van der Waals surface area contributed by atoms with Crippen molar-refractivity contribution in [2.45, 2.75) is 84.0 Å². The molecule has 0 aliphatic carbocycles. The first-order chi connectivity index (χ1) is 10.5. The summed E-state index contributed by atoms with van der Waals surface area (Å²) in [5, 5.41) is 0. The minimum atomic E-state index is -4.27. The summed E-state index contributed by atoms with van der Waals surface area (Å²) in [7, 11) is -4.27. The molecule has 0 aliphatic rings. The molecule has 0 saturated carbocycles. The molecule has 6 heteroatoms. The van der Waals surface area contributed by atoms with Crippen molar-refractivity contribution < 1.29 is 22.5 Å². The van der Waals surface area contributed by atoms with E-state index in [1.54, 1.807) is 0 Å². The van der Waals surface area contributed by atoms with Crippen LogP contribution in [0.15, 0.2) is 0 Å². The molecule has 0 fully saturated rings. The van der Waals surface area contributed by atoms with Gasteiger partial charge in [0.2, 0.25) is 0 Å². The number of hydrogen-bond acceptors (Lipinski definition) is 4. The summed E-state index contributed by atoms with van der Waals surface area (Å²) in [6.07, 6.45) is 14.7. The largest absolute Gasteiger partial charge is 0.465 e. The van der Waals surface area contributed by atoms with Crippen LogP contribution in [0.5, 0.6) is 0 Å². The van der Waals surface area contributed by atoms with Gasteiger partial charge in [0.25, 0.3) is 10.1 Å². The molecule has 5 nitrogen and oxygen atoms in total. The Labute approximate surface area is 135 Å². The Morgan fingerprint density at radius 2 is 1.23 bits per heavy atom. The lowest BCUT2D eigenvalue weighted by Crippen LogP contribution is -2.18. The summed E-state index contributed by atoms with van der Waals surface area (Å²) >= 11 is 0. The zero-order valence-corrected chi connectivity index (χ0v) is 14.7. The van der Waals surface area contributed by atoms with Gasteiger partial charge in [-0.3, -0.25) is 9.35 Å². The Balaban J connectivity index is 3.19. The highest BCUT2D eigenvalue weighted by Gasteiger charge is 2.13. The third-order valence-corrected chi connectivity index (χ3v) is 4.16. The highest BCUT2D eigenvalue weighted by atomic mass is 32.2. The summed E-state index contributed by atoms with van der Waals surface area (Å²) in [5.41, 5.74) is 0. The lowest BCUT2D eigenvalue weighted by molar-refractivity contribution is -0.140. The van der Waals surface area contributed by atoms with E-state index >= 15 is 0 Å². The molecule has 0 aliphatic heterocycles. The van der Waals surface area contributed by atoms with Crippen LogP contribution in [0.4, 0.5) is 0 Å². The molecular formula is C16H32O5S. The molecule has 0 amide bonds. The second-order valence-corrected chi connectivity index (χ2v) is 7.29. The van der Waals surface area contributed by atoms with Crippen LogP contribution in [0.3, 0.4) is 0 Å². The van der Waals surface area contributed by atoms with E-state index in [0.29, 0.717) is 0 Å². The summed E-state index contributed by atoms with van der Waals surface area (Å²) in [4.78, 5) is 11.0. The van der Waals surface area contributed by atoms with Crippen LogP contribution in [0.1, 0.15) is 84.0 Å². The fourth-order valence-corrected chi connectivity index (χ4v) is 2.70. The van der Waals surface area contributed by atoms with Crippen LogP contribution >= 0.6 is 0 Å². The number of esters is 1. The van der Waals surface area contributed by atoms with Crippen molar-refractivity contribution in [2.24, 2.45) is 0 Å². The van der Waals surface area contributed by atoms with Crippen LogP contribution in [0.25, 0.3) is 0 Å². The molecule has 22 heavy (non-hydrogen) atoms. The van der Waals surface area contributed by atoms with Crippen LogP contribution in [-0.4, -0.2) is 31.3 Å². The van der Waals surface area contributed by atoms with Crippen molar-refractivity contribution in [3.05, 3.63) is 0 Å². The minimum Gasteiger partial charge on any atom is -0.465 e. The topological polar surface area (TPSA) is 80.7 Å². The maximum Gasteiger partial charge on any atom is 0.323 e. The fourth-order valence-electron chi connectivity index (χ4n) is 2.32. The second-order valence-electron chi connectivity index (χ2n) is 5.84. The van der Waals surface area contributed by atoms with Gasteiger partial charge in [-0.1, -0.05) is 77.6 Å². The van der Waals surface area contributed by atoms with Gasteiger partial charge in [0, 0.05) is 0 Å². The number of carbonyl (C=O) groups is 1. The van der Waals surface area contributed by atoms with E-state index in [1.165, 1.54) is 57.8 Å². The lowest BCUT2D eigenvalue weighted by Gasteiger charge is -2.04. The maximum atomic E-state index is 11.0. The highest BCUT2D eigenvalue weighted by Crippen LogP contribution is 2.11. The van der Waals surface area contributed by atoms with Crippen molar-refractivity contribution in [3.63, 3.8) is 0 Å². The van der Waals surface area contributed by atoms with Crippen LogP contribution in [-0.2, 0) is 19.6 Å². The smallest absolute Gasteiger partial charge is 0.323 e. The van der Waals surface area contributed by atoms with Crippen LogP contribution in [0, 0.1) is 0 Å². The molecule has 0 aromatic carbocycles. The van der Waals surface area contributed by atoms with Gasteiger partial charge < -0.3 is 4.74 Å². The average Bonchev–Trinajstić information content (AvgIpc) is 2.42. The summed E-state index contributed by atoms with van der Waals surface area (Å²) < 4.78 is 34.1. The van der Waals surface area contributed by atoms with Crippen LogP contribution < -0.4 is 0 Å². The van der Waals surface area contributed by atoms with E-state index in [-0.39, 0.29) is 6.61 Å². The number of carbonyl (C=O) groups excluding carboxylic acids is 1. The van der Waals surface area contributed by atoms with E-state index < -0.39 is 21.8 Å². The molecule has 0 heterocycles. The Morgan fingerprint density at radius 1 is 0.818 bits per heavy atom. The van der Waals surface area contributed by atoms with Gasteiger partial charge in [0.1, 0.15) is 0 Å². The van der Waals surface area contributed by atoms with Gasteiger partial charge >= 0.3 is 5.97 Å². The predicted octanol–water partition coefficient (Wildman–Crippen LogP) is 4.12. The fraction of sp³-hybridized carbons (Fsp3) is 0.938. The Bertz CT molecular complexity index is 365. The van der Waals surface area contributed by atoms with Gasteiger partial charge in [0.05, 0.1) is 6.61 Å². The van der Waals surface area contributed by atoms with Crippen molar-refractivity contribution in [1.82, 2.24) is 0 Å². The molecule has 0 unspecified atom stereocenters. The molecule has 0 atom stereocenters. The Hall–Kier alpha value is -0.620. The molecule has 0 spiro atoms. The number of unbranched alkanes of at least 4 members (excludes halogenated alkanes) is 11. The molecular weight excluding hydrogens is 304 g/mol. The summed E-state index contributed by atoms with van der Waals surface area (Å²) in [5.74, 6) is -1.84. The highest BCUT2D eigenvalue weighted by molar-refractivity contribution is 7.86. The predicted molar refractivity (Wildman–Crippen MR) is 88.5 cm³/mol. The molecule has 0 rings (SSSR count). The van der Waals surface area contributed by atoms with Gasteiger partial charge in [-0.2, -0.15) is 8.42 Å². The van der Waals surface area contributed by atoms with Gasteiger partial charge in [0.15, 0.2) is 5.75 Å². The van der Waals surface area contributed by atoms with Crippen molar-refractivity contribution in [2.75, 3.05) is 12.4 Å². The first-order valence-corrected chi connectivity index (χ1v) is 10.2. The number of hydrogen-bond donors (Lipinski definition) is 1. The average molecular weight is 336 g/mol. The first-order valence-electron chi connectivity index (χ1n) is 8.56. The molecule has 0 radical (unpaired) electrons. The molecule has 132 valence electrons. The standard InChI is InChI=1S/C16H32O5S/c1-2-3-4-5-6-7-8-9-10-11-12-13-14-21-16(17)15-22(18,19)20/h2-15H2,1H3,(H,18,19,20). The Kier molecular flexibility index (Phi) is 13.6. The minimum absolute atomic E-state index is 0.228. The molecule has 1 N–H and O–H groups in total. The quantitative estimate of drug-likeness (QED) is 0.276. The van der Waals surface area contributed by atoms with E-state index in [9.17, 15) is 13.2 Å². The van der Waals surface area contributed by atoms with Crippen molar-refractivity contribution >= 4 is 16.1 Å². The number of rotatable bonds is 15. The molecule has 0 saturated heterocycles. The van der Waals surface area contributed by atoms with Crippen molar-refractivity contribution in [1.29, 1.82) is 0 Å². The monoisotopic (exact) mass is 336 g/mol. The SMILES string of the molecule is CCCCCCCCCCCCCCOC(=O)CS(=O)(=O)O. The van der Waals surface area contributed by atoms with E-state index in [4.69, 9.17) is 9.29 Å². The van der Waals surface area contributed by atoms with Gasteiger partial charge in [-0.25, -0.2) is 0 Å². The maximum absolute atomic E-state index is 11.0. The Morgan fingerprint density at radius 3 is 1.64 bits per heavy atom. The van der Waals surface area contributed by atoms with Gasteiger partial charge in [-0.05, 0) is 6.42 Å². The normalized spacial score (nSPS) is 11.5. The third kappa shape index (κ3) is 17.4.